The highest BCUT2D eigenvalue weighted by Gasteiger charge is 2.09. The van der Waals surface area contributed by atoms with Crippen LogP contribution in [-0.4, -0.2) is 16.8 Å². The summed E-state index contributed by atoms with van der Waals surface area (Å²) >= 11 is 0. The molecule has 0 unspecified atom stereocenters. The maximum absolute atomic E-state index is 12.3. The number of aromatic amines is 1. The van der Waals surface area contributed by atoms with Crippen molar-refractivity contribution in [2.45, 2.75) is 6.54 Å². The molecule has 0 aliphatic carbocycles. The van der Waals surface area contributed by atoms with Crippen LogP contribution in [0.25, 0.3) is 0 Å². The molecule has 6 nitrogen and oxygen atoms in total. The summed E-state index contributed by atoms with van der Waals surface area (Å²) in [5, 5.41) is 5.59. The number of nitrogens with one attached hydrogen (secondary N) is 3. The van der Waals surface area contributed by atoms with Gasteiger partial charge in [0.25, 0.3) is 11.8 Å². The van der Waals surface area contributed by atoms with Gasteiger partial charge in [-0.3, -0.25) is 9.59 Å². The number of benzene rings is 2. The highest BCUT2D eigenvalue weighted by molar-refractivity contribution is 6.05. The Kier molecular flexibility index (Phi) is 4.80. The second-order valence-corrected chi connectivity index (χ2v) is 5.50. The van der Waals surface area contributed by atoms with Crippen molar-refractivity contribution in [2.24, 2.45) is 0 Å². The Balaban J connectivity index is 1.59. The van der Waals surface area contributed by atoms with E-state index in [0.29, 0.717) is 29.2 Å². The van der Waals surface area contributed by atoms with Crippen LogP contribution in [0.15, 0.2) is 66.9 Å². The number of para-hydroxylation sites is 2. The Labute approximate surface area is 145 Å². The van der Waals surface area contributed by atoms with Crippen LogP contribution in [0.5, 0.6) is 0 Å². The van der Waals surface area contributed by atoms with Crippen LogP contribution in [-0.2, 0) is 6.54 Å². The number of rotatable bonds is 5. The zero-order valence-electron chi connectivity index (χ0n) is 13.5. The maximum atomic E-state index is 12.3. The molecule has 6 heteroatoms. The Bertz CT molecular complexity index is 871. The Morgan fingerprint density at radius 3 is 2.36 bits per heavy atom. The molecule has 0 spiro atoms. The third-order valence-electron chi connectivity index (χ3n) is 3.72. The van der Waals surface area contributed by atoms with Gasteiger partial charge in [0.15, 0.2) is 0 Å². The molecule has 0 aliphatic rings. The lowest BCUT2D eigenvalue weighted by Crippen LogP contribution is -2.23. The van der Waals surface area contributed by atoms with Gasteiger partial charge in [-0.05, 0) is 42.0 Å². The van der Waals surface area contributed by atoms with Crippen LogP contribution in [0.4, 0.5) is 11.4 Å². The van der Waals surface area contributed by atoms with E-state index in [2.05, 4.69) is 15.6 Å². The Hall–Kier alpha value is -3.54. The molecule has 126 valence electrons. The molecule has 1 aromatic heterocycles. The van der Waals surface area contributed by atoms with Gasteiger partial charge in [-0.2, -0.15) is 0 Å². The standard InChI is InChI=1S/C19H18N4O2/c20-15-4-1-2-5-16(15)23-18(24)14-9-7-13(8-10-14)12-22-19(25)17-6-3-11-21-17/h1-11,21H,12,20H2,(H,22,25)(H,23,24). The molecule has 0 fully saturated rings. The number of nitrogen functional groups attached to an aromatic ring is 1. The van der Waals surface area contributed by atoms with E-state index in [-0.39, 0.29) is 11.8 Å². The van der Waals surface area contributed by atoms with Gasteiger partial charge in [0.05, 0.1) is 11.4 Å². The molecule has 2 amide bonds. The van der Waals surface area contributed by atoms with Crippen molar-refractivity contribution in [2.75, 3.05) is 11.1 Å². The first-order valence-corrected chi connectivity index (χ1v) is 7.80. The van der Waals surface area contributed by atoms with E-state index in [1.807, 2.05) is 6.07 Å². The van der Waals surface area contributed by atoms with E-state index in [1.54, 1.807) is 60.8 Å². The van der Waals surface area contributed by atoms with Gasteiger partial charge in [0.2, 0.25) is 0 Å². The van der Waals surface area contributed by atoms with Crippen molar-refractivity contribution >= 4 is 23.2 Å². The smallest absolute Gasteiger partial charge is 0.267 e. The number of H-pyrrole nitrogens is 1. The van der Waals surface area contributed by atoms with Gasteiger partial charge in [-0.15, -0.1) is 0 Å². The zero-order valence-corrected chi connectivity index (χ0v) is 13.5. The second-order valence-electron chi connectivity index (χ2n) is 5.50. The molecule has 0 atom stereocenters. The summed E-state index contributed by atoms with van der Waals surface area (Å²) in [6.07, 6.45) is 1.70. The monoisotopic (exact) mass is 334 g/mol. The van der Waals surface area contributed by atoms with E-state index in [9.17, 15) is 9.59 Å². The molecule has 1 heterocycles. The van der Waals surface area contributed by atoms with Crippen LogP contribution in [0.1, 0.15) is 26.4 Å². The van der Waals surface area contributed by atoms with Crippen molar-refractivity contribution < 1.29 is 9.59 Å². The molecule has 0 saturated carbocycles. The van der Waals surface area contributed by atoms with E-state index in [1.165, 1.54) is 0 Å². The predicted octanol–water partition coefficient (Wildman–Crippen LogP) is 2.78. The normalized spacial score (nSPS) is 10.2. The largest absolute Gasteiger partial charge is 0.397 e. The topological polar surface area (TPSA) is 100 Å². The van der Waals surface area contributed by atoms with E-state index in [4.69, 9.17) is 5.73 Å². The summed E-state index contributed by atoms with van der Waals surface area (Å²) in [6.45, 7) is 0.380. The lowest BCUT2D eigenvalue weighted by Gasteiger charge is -2.09. The first kappa shape index (κ1) is 16.3. The summed E-state index contributed by atoms with van der Waals surface area (Å²) in [7, 11) is 0. The molecule has 2 aromatic carbocycles. The summed E-state index contributed by atoms with van der Waals surface area (Å²) < 4.78 is 0. The van der Waals surface area contributed by atoms with Crippen molar-refractivity contribution in [1.82, 2.24) is 10.3 Å². The van der Waals surface area contributed by atoms with Gasteiger partial charge < -0.3 is 21.4 Å². The molecule has 0 bridgehead atoms. The first-order chi connectivity index (χ1) is 12.1. The molecule has 0 aliphatic heterocycles. The zero-order chi connectivity index (χ0) is 17.6. The van der Waals surface area contributed by atoms with Gasteiger partial charge in [-0.25, -0.2) is 0 Å². The Morgan fingerprint density at radius 2 is 1.68 bits per heavy atom. The lowest BCUT2D eigenvalue weighted by atomic mass is 10.1. The number of nitrogens with two attached hydrogens (primary N) is 1. The Morgan fingerprint density at radius 1 is 0.920 bits per heavy atom. The highest BCUT2D eigenvalue weighted by Crippen LogP contribution is 2.18. The number of carbonyl (C=O) groups is 2. The molecular weight excluding hydrogens is 316 g/mol. The summed E-state index contributed by atoms with van der Waals surface area (Å²) in [5.74, 6) is -0.411. The van der Waals surface area contributed by atoms with Gasteiger partial charge in [-0.1, -0.05) is 24.3 Å². The van der Waals surface area contributed by atoms with E-state index in [0.717, 1.165) is 5.56 Å². The fourth-order valence-corrected chi connectivity index (χ4v) is 2.33. The van der Waals surface area contributed by atoms with Gasteiger partial charge in [0.1, 0.15) is 5.69 Å². The molecule has 5 N–H and O–H groups in total. The van der Waals surface area contributed by atoms with Crippen LogP contribution >= 0.6 is 0 Å². The van der Waals surface area contributed by atoms with Crippen molar-refractivity contribution in [3.63, 3.8) is 0 Å². The van der Waals surface area contributed by atoms with Crippen LogP contribution in [0.3, 0.4) is 0 Å². The minimum atomic E-state index is -0.236. The number of hydrogen-bond acceptors (Lipinski definition) is 3. The summed E-state index contributed by atoms with van der Waals surface area (Å²) in [4.78, 5) is 27.0. The van der Waals surface area contributed by atoms with Crippen molar-refractivity contribution in [1.29, 1.82) is 0 Å². The molecule has 0 radical (unpaired) electrons. The minimum absolute atomic E-state index is 0.175. The van der Waals surface area contributed by atoms with E-state index >= 15 is 0 Å². The number of anilines is 2. The molecule has 25 heavy (non-hydrogen) atoms. The fourth-order valence-electron chi connectivity index (χ4n) is 2.33. The predicted molar refractivity (Wildman–Crippen MR) is 97.2 cm³/mol. The van der Waals surface area contributed by atoms with Gasteiger partial charge in [0, 0.05) is 18.3 Å². The lowest BCUT2D eigenvalue weighted by molar-refractivity contribution is 0.0945. The van der Waals surface area contributed by atoms with E-state index < -0.39 is 0 Å². The summed E-state index contributed by atoms with van der Waals surface area (Å²) in [5.41, 5.74) is 8.84. The number of aromatic nitrogens is 1. The fraction of sp³-hybridized carbons (Fsp3) is 0.0526. The summed E-state index contributed by atoms with van der Waals surface area (Å²) in [6, 6.07) is 17.6. The number of carbonyl (C=O) groups excluding carboxylic acids is 2. The maximum Gasteiger partial charge on any atom is 0.267 e. The highest BCUT2D eigenvalue weighted by atomic mass is 16.2. The molecular formula is C19H18N4O2. The van der Waals surface area contributed by atoms with Crippen LogP contribution in [0, 0.1) is 0 Å². The van der Waals surface area contributed by atoms with Crippen molar-refractivity contribution in [3.8, 4) is 0 Å². The number of hydrogen-bond donors (Lipinski definition) is 4. The second kappa shape index (κ2) is 7.35. The van der Waals surface area contributed by atoms with Gasteiger partial charge >= 0.3 is 0 Å². The van der Waals surface area contributed by atoms with Crippen LogP contribution < -0.4 is 16.4 Å². The number of amides is 2. The third kappa shape index (κ3) is 4.06. The quantitative estimate of drug-likeness (QED) is 0.540. The first-order valence-electron chi connectivity index (χ1n) is 7.80. The molecule has 3 rings (SSSR count). The minimum Gasteiger partial charge on any atom is -0.397 e. The average Bonchev–Trinajstić information content (AvgIpc) is 3.17. The van der Waals surface area contributed by atoms with Crippen LogP contribution in [0.2, 0.25) is 0 Å². The molecule has 0 saturated heterocycles. The average molecular weight is 334 g/mol. The third-order valence-corrected chi connectivity index (χ3v) is 3.72. The molecule has 3 aromatic rings. The SMILES string of the molecule is Nc1ccccc1NC(=O)c1ccc(CNC(=O)c2ccc[nH]2)cc1. The van der Waals surface area contributed by atoms with Crippen molar-refractivity contribution in [3.05, 3.63) is 83.7 Å².